The molecule has 2 aromatic rings. The van der Waals surface area contributed by atoms with Crippen molar-refractivity contribution in [2.24, 2.45) is 5.73 Å². The molecule has 1 aliphatic rings. The molecule has 3 rings (SSSR count). The summed E-state index contributed by atoms with van der Waals surface area (Å²) < 4.78 is 5.26. The van der Waals surface area contributed by atoms with Crippen molar-refractivity contribution in [3.8, 4) is 11.5 Å². The molecular formula is C17H22ClN3O3. The lowest BCUT2D eigenvalue weighted by molar-refractivity contribution is 0.0582. The smallest absolute Gasteiger partial charge is 0.261 e. The molecule has 3 N–H and O–H groups in total. The fraction of sp³-hybridized carbons (Fsp3) is 0.412. The van der Waals surface area contributed by atoms with Crippen molar-refractivity contribution in [1.82, 2.24) is 9.88 Å². The van der Waals surface area contributed by atoms with E-state index in [-0.39, 0.29) is 36.0 Å². The first-order valence-electron chi connectivity index (χ1n) is 7.91. The highest BCUT2D eigenvalue weighted by molar-refractivity contribution is 5.94. The van der Waals surface area contributed by atoms with Gasteiger partial charge in [0.2, 0.25) is 0 Å². The van der Waals surface area contributed by atoms with E-state index >= 15 is 0 Å². The minimum Gasteiger partial charge on any atom is -0.463 e. The molecule has 2 unspecified atom stereocenters. The Bertz CT molecular complexity index is 740. The standard InChI is InChI=1S/C17H21N3O3.ClH/c1-11(18)14-5-2-3-9-20(14)17(22)12-7-8-13(19-16(12)21)15-6-4-10-23-15;/h4,6-8,10-11,14H,2-3,5,9,18H2,1H3,(H,19,21);1H. The number of halogens is 1. The number of pyridine rings is 1. The van der Waals surface area contributed by atoms with Crippen LogP contribution in [0.2, 0.25) is 0 Å². The number of aromatic amines is 1. The van der Waals surface area contributed by atoms with Crippen molar-refractivity contribution in [3.05, 3.63) is 46.4 Å². The molecule has 7 heteroatoms. The second-order valence-corrected chi connectivity index (χ2v) is 6.01. The highest BCUT2D eigenvalue weighted by atomic mass is 35.5. The molecule has 1 saturated heterocycles. The Morgan fingerprint density at radius 2 is 2.17 bits per heavy atom. The maximum absolute atomic E-state index is 12.8. The summed E-state index contributed by atoms with van der Waals surface area (Å²) in [6.07, 6.45) is 4.42. The van der Waals surface area contributed by atoms with E-state index in [1.807, 2.05) is 6.92 Å². The van der Waals surface area contributed by atoms with Gasteiger partial charge in [-0.1, -0.05) is 0 Å². The van der Waals surface area contributed by atoms with Crippen LogP contribution >= 0.6 is 12.4 Å². The number of nitrogens with two attached hydrogens (primary N) is 1. The van der Waals surface area contributed by atoms with E-state index in [1.165, 1.54) is 6.26 Å². The molecule has 0 spiro atoms. The minimum atomic E-state index is -0.405. The van der Waals surface area contributed by atoms with Crippen LogP contribution < -0.4 is 11.3 Å². The van der Waals surface area contributed by atoms with Crippen LogP contribution in [0, 0.1) is 0 Å². The van der Waals surface area contributed by atoms with Crippen molar-refractivity contribution in [3.63, 3.8) is 0 Å². The summed E-state index contributed by atoms with van der Waals surface area (Å²) in [5, 5.41) is 0. The summed E-state index contributed by atoms with van der Waals surface area (Å²) in [5.41, 5.74) is 6.30. The number of H-pyrrole nitrogens is 1. The molecule has 1 aliphatic heterocycles. The fourth-order valence-corrected chi connectivity index (χ4v) is 3.13. The van der Waals surface area contributed by atoms with E-state index in [9.17, 15) is 9.59 Å². The van der Waals surface area contributed by atoms with Crippen molar-refractivity contribution in [1.29, 1.82) is 0 Å². The topological polar surface area (TPSA) is 92.3 Å². The van der Waals surface area contributed by atoms with Gasteiger partial charge in [0.25, 0.3) is 11.5 Å². The number of furan rings is 1. The average Bonchev–Trinajstić information content (AvgIpc) is 3.08. The third kappa shape index (κ3) is 3.55. The van der Waals surface area contributed by atoms with Crippen molar-refractivity contribution >= 4 is 18.3 Å². The maximum atomic E-state index is 12.8. The molecule has 130 valence electrons. The Morgan fingerprint density at radius 3 is 2.79 bits per heavy atom. The number of nitrogens with one attached hydrogen (secondary N) is 1. The van der Waals surface area contributed by atoms with Crippen LogP contribution in [0.3, 0.4) is 0 Å². The molecular weight excluding hydrogens is 330 g/mol. The zero-order chi connectivity index (χ0) is 16.4. The molecule has 0 bridgehead atoms. The summed E-state index contributed by atoms with van der Waals surface area (Å²) in [4.78, 5) is 29.5. The van der Waals surface area contributed by atoms with Gasteiger partial charge < -0.3 is 20.0 Å². The van der Waals surface area contributed by atoms with Gasteiger partial charge in [-0.25, -0.2) is 0 Å². The van der Waals surface area contributed by atoms with Gasteiger partial charge in [-0.3, -0.25) is 9.59 Å². The third-order valence-electron chi connectivity index (χ3n) is 4.34. The van der Waals surface area contributed by atoms with E-state index in [1.54, 1.807) is 29.2 Å². The third-order valence-corrected chi connectivity index (χ3v) is 4.34. The SMILES string of the molecule is CC(N)C1CCCCN1C(=O)c1ccc(-c2ccco2)[nH]c1=O.Cl. The molecule has 24 heavy (non-hydrogen) atoms. The number of hydrogen-bond donors (Lipinski definition) is 2. The predicted octanol–water partition coefficient (Wildman–Crippen LogP) is 2.40. The first kappa shape index (κ1) is 18.3. The first-order chi connectivity index (χ1) is 11.1. The van der Waals surface area contributed by atoms with E-state index < -0.39 is 5.56 Å². The van der Waals surface area contributed by atoms with Gasteiger partial charge in [0, 0.05) is 18.6 Å². The summed E-state index contributed by atoms with van der Waals surface area (Å²) in [6, 6.07) is 6.63. The maximum Gasteiger partial charge on any atom is 0.261 e. The zero-order valence-corrected chi connectivity index (χ0v) is 14.3. The molecule has 0 aromatic carbocycles. The Morgan fingerprint density at radius 1 is 1.38 bits per heavy atom. The van der Waals surface area contributed by atoms with E-state index in [4.69, 9.17) is 10.2 Å². The zero-order valence-electron chi connectivity index (χ0n) is 13.5. The number of aromatic nitrogens is 1. The first-order valence-corrected chi connectivity index (χ1v) is 7.91. The normalized spacial score (nSPS) is 18.8. The van der Waals surface area contributed by atoms with Gasteiger partial charge >= 0.3 is 0 Å². The van der Waals surface area contributed by atoms with Crippen LogP contribution in [0.1, 0.15) is 36.5 Å². The lowest BCUT2D eigenvalue weighted by Crippen LogP contribution is -2.52. The van der Waals surface area contributed by atoms with Gasteiger partial charge in [0.05, 0.1) is 12.0 Å². The van der Waals surface area contributed by atoms with Crippen molar-refractivity contribution in [2.45, 2.75) is 38.3 Å². The molecule has 1 amide bonds. The Kier molecular flexibility index (Phi) is 5.85. The average molecular weight is 352 g/mol. The molecule has 0 radical (unpaired) electrons. The molecule has 2 aromatic heterocycles. The molecule has 1 fully saturated rings. The van der Waals surface area contributed by atoms with Crippen LogP contribution in [-0.4, -0.2) is 34.4 Å². The van der Waals surface area contributed by atoms with Gasteiger partial charge in [-0.2, -0.15) is 0 Å². The number of likely N-dealkylation sites (tertiary alicyclic amines) is 1. The van der Waals surface area contributed by atoms with Crippen LogP contribution in [0.25, 0.3) is 11.5 Å². The number of piperidine rings is 1. The van der Waals surface area contributed by atoms with Crippen molar-refractivity contribution in [2.75, 3.05) is 6.54 Å². The molecule has 2 atom stereocenters. The highest BCUT2D eigenvalue weighted by Crippen LogP contribution is 2.21. The summed E-state index contributed by atoms with van der Waals surface area (Å²) in [6.45, 7) is 2.55. The van der Waals surface area contributed by atoms with Crippen molar-refractivity contribution < 1.29 is 9.21 Å². The van der Waals surface area contributed by atoms with Crippen LogP contribution in [0.5, 0.6) is 0 Å². The lowest BCUT2D eigenvalue weighted by atomic mass is 9.96. The lowest BCUT2D eigenvalue weighted by Gasteiger charge is -2.37. The van der Waals surface area contributed by atoms with Gasteiger partial charge in [0.15, 0.2) is 0 Å². The quantitative estimate of drug-likeness (QED) is 0.888. The number of carbonyl (C=O) groups excluding carboxylic acids is 1. The Labute approximate surface area is 146 Å². The van der Waals surface area contributed by atoms with Crippen LogP contribution in [0.15, 0.2) is 39.7 Å². The largest absolute Gasteiger partial charge is 0.463 e. The van der Waals surface area contributed by atoms with E-state index in [0.29, 0.717) is 18.0 Å². The minimum absolute atomic E-state index is 0. The van der Waals surface area contributed by atoms with Crippen LogP contribution in [-0.2, 0) is 0 Å². The second-order valence-electron chi connectivity index (χ2n) is 6.01. The van der Waals surface area contributed by atoms with Gasteiger partial charge in [-0.15, -0.1) is 12.4 Å². The second kappa shape index (κ2) is 7.68. The molecule has 0 saturated carbocycles. The molecule has 6 nitrogen and oxygen atoms in total. The number of nitrogens with zero attached hydrogens (tertiary/aromatic N) is 1. The monoisotopic (exact) mass is 351 g/mol. The van der Waals surface area contributed by atoms with E-state index in [0.717, 1.165) is 19.3 Å². The predicted molar refractivity (Wildman–Crippen MR) is 94.3 cm³/mol. The number of carbonyl (C=O) groups is 1. The molecule has 0 aliphatic carbocycles. The summed E-state index contributed by atoms with van der Waals surface area (Å²) >= 11 is 0. The fourth-order valence-electron chi connectivity index (χ4n) is 3.13. The number of hydrogen-bond acceptors (Lipinski definition) is 4. The highest BCUT2D eigenvalue weighted by Gasteiger charge is 2.31. The molecule has 3 heterocycles. The van der Waals surface area contributed by atoms with Gasteiger partial charge in [0.1, 0.15) is 11.3 Å². The summed E-state index contributed by atoms with van der Waals surface area (Å²) in [7, 11) is 0. The number of amides is 1. The number of rotatable bonds is 3. The Hall–Kier alpha value is -2.05. The van der Waals surface area contributed by atoms with Gasteiger partial charge in [-0.05, 0) is 50.5 Å². The van der Waals surface area contributed by atoms with Crippen LogP contribution in [0.4, 0.5) is 0 Å². The summed E-state index contributed by atoms with van der Waals surface area (Å²) in [5.74, 6) is 0.312. The Balaban J connectivity index is 0.00000208. The van der Waals surface area contributed by atoms with E-state index in [2.05, 4.69) is 4.98 Å².